The van der Waals surface area contributed by atoms with E-state index in [1.54, 1.807) is 7.11 Å². The highest BCUT2D eigenvalue weighted by atomic mass is 16.5. The molecular weight excluding hydrogens is 210 g/mol. The second-order valence-corrected chi connectivity index (χ2v) is 4.25. The molecule has 0 saturated carbocycles. The zero-order chi connectivity index (χ0) is 12.4. The molecule has 0 aliphatic heterocycles. The normalized spacial score (nSPS) is 10.3. The van der Waals surface area contributed by atoms with Crippen LogP contribution in [0.4, 0.5) is 5.69 Å². The van der Waals surface area contributed by atoms with E-state index in [1.807, 2.05) is 25.1 Å². The number of ether oxygens (including phenoxy) is 1. The number of aryl methyl sites for hydroxylation is 2. The smallest absolute Gasteiger partial charge is 0.119 e. The molecule has 0 unspecified atom stereocenters. The lowest BCUT2D eigenvalue weighted by Crippen LogP contribution is -1.91. The highest BCUT2D eigenvalue weighted by Gasteiger charge is 2.04. The number of methoxy groups -OCH3 is 1. The summed E-state index contributed by atoms with van der Waals surface area (Å²) in [6, 6.07) is 12.2. The van der Waals surface area contributed by atoms with Gasteiger partial charge in [-0.3, -0.25) is 0 Å². The fraction of sp³-hybridized carbons (Fsp3) is 0.200. The summed E-state index contributed by atoms with van der Waals surface area (Å²) in [7, 11) is 1.68. The highest BCUT2D eigenvalue weighted by molar-refractivity contribution is 5.71. The van der Waals surface area contributed by atoms with Crippen molar-refractivity contribution in [3.8, 4) is 16.9 Å². The fourth-order valence-corrected chi connectivity index (χ4v) is 1.93. The van der Waals surface area contributed by atoms with Crippen molar-refractivity contribution in [3.05, 3.63) is 47.5 Å². The van der Waals surface area contributed by atoms with Crippen LogP contribution in [0.15, 0.2) is 36.4 Å². The Morgan fingerprint density at radius 2 is 1.71 bits per heavy atom. The Balaban J connectivity index is 2.49. The van der Waals surface area contributed by atoms with Gasteiger partial charge in [0.25, 0.3) is 0 Å². The molecule has 0 saturated heterocycles. The van der Waals surface area contributed by atoms with E-state index in [1.165, 1.54) is 16.7 Å². The predicted octanol–water partition coefficient (Wildman–Crippen LogP) is 3.56. The summed E-state index contributed by atoms with van der Waals surface area (Å²) in [4.78, 5) is 0. The molecule has 2 N–H and O–H groups in total. The highest BCUT2D eigenvalue weighted by Crippen LogP contribution is 2.28. The largest absolute Gasteiger partial charge is 0.497 e. The van der Waals surface area contributed by atoms with Crippen LogP contribution >= 0.6 is 0 Å². The first-order valence-corrected chi connectivity index (χ1v) is 5.63. The van der Waals surface area contributed by atoms with Crippen LogP contribution in [0, 0.1) is 13.8 Å². The standard InChI is InChI=1S/C15H17NO/c1-10-9-13(17-3)5-6-14(10)12-4-7-15(16)11(2)8-12/h4-9H,16H2,1-3H3. The lowest BCUT2D eigenvalue weighted by molar-refractivity contribution is 0.414. The quantitative estimate of drug-likeness (QED) is 0.796. The van der Waals surface area contributed by atoms with Crippen LogP contribution in [-0.4, -0.2) is 7.11 Å². The predicted molar refractivity (Wildman–Crippen MR) is 72.3 cm³/mol. The van der Waals surface area contributed by atoms with Crippen molar-refractivity contribution in [3.63, 3.8) is 0 Å². The van der Waals surface area contributed by atoms with Gasteiger partial charge >= 0.3 is 0 Å². The maximum Gasteiger partial charge on any atom is 0.119 e. The zero-order valence-electron chi connectivity index (χ0n) is 10.4. The zero-order valence-corrected chi connectivity index (χ0v) is 10.4. The fourth-order valence-electron chi connectivity index (χ4n) is 1.93. The number of nitrogen functional groups attached to an aromatic ring is 1. The van der Waals surface area contributed by atoms with Gasteiger partial charge < -0.3 is 10.5 Å². The molecule has 0 fully saturated rings. The average Bonchev–Trinajstić information content (AvgIpc) is 2.32. The summed E-state index contributed by atoms with van der Waals surface area (Å²) in [6.07, 6.45) is 0. The second-order valence-electron chi connectivity index (χ2n) is 4.25. The summed E-state index contributed by atoms with van der Waals surface area (Å²) in [5, 5.41) is 0. The third-order valence-electron chi connectivity index (χ3n) is 3.01. The molecule has 0 radical (unpaired) electrons. The van der Waals surface area contributed by atoms with Crippen LogP contribution in [-0.2, 0) is 0 Å². The third kappa shape index (κ3) is 2.26. The van der Waals surface area contributed by atoms with E-state index in [9.17, 15) is 0 Å². The summed E-state index contributed by atoms with van der Waals surface area (Å²) in [5.41, 5.74) is 11.4. The van der Waals surface area contributed by atoms with E-state index in [4.69, 9.17) is 10.5 Å². The van der Waals surface area contributed by atoms with Crippen molar-refractivity contribution in [2.24, 2.45) is 0 Å². The lowest BCUT2D eigenvalue weighted by Gasteiger charge is -2.10. The van der Waals surface area contributed by atoms with Gasteiger partial charge in [0.15, 0.2) is 0 Å². The summed E-state index contributed by atoms with van der Waals surface area (Å²) in [6.45, 7) is 4.11. The van der Waals surface area contributed by atoms with Gasteiger partial charge in [-0.2, -0.15) is 0 Å². The van der Waals surface area contributed by atoms with Crippen LogP contribution < -0.4 is 10.5 Å². The van der Waals surface area contributed by atoms with Gasteiger partial charge in [0.2, 0.25) is 0 Å². The van der Waals surface area contributed by atoms with Crippen LogP contribution in [0.25, 0.3) is 11.1 Å². The Morgan fingerprint density at radius 3 is 2.29 bits per heavy atom. The number of rotatable bonds is 2. The number of benzene rings is 2. The van der Waals surface area contributed by atoms with Crippen molar-refractivity contribution >= 4 is 5.69 Å². The lowest BCUT2D eigenvalue weighted by atomic mass is 9.98. The van der Waals surface area contributed by atoms with Gasteiger partial charge in [0.05, 0.1) is 7.11 Å². The molecule has 0 atom stereocenters. The Kier molecular flexibility index (Phi) is 3.05. The summed E-state index contributed by atoms with van der Waals surface area (Å²) >= 11 is 0. The SMILES string of the molecule is COc1ccc(-c2ccc(N)c(C)c2)c(C)c1. The van der Waals surface area contributed by atoms with Crippen molar-refractivity contribution in [1.82, 2.24) is 0 Å². The van der Waals surface area contributed by atoms with Crippen molar-refractivity contribution in [2.45, 2.75) is 13.8 Å². The molecule has 2 rings (SSSR count). The van der Waals surface area contributed by atoms with E-state index >= 15 is 0 Å². The Hall–Kier alpha value is -1.96. The van der Waals surface area contributed by atoms with E-state index in [0.29, 0.717) is 0 Å². The average molecular weight is 227 g/mol. The van der Waals surface area contributed by atoms with Crippen LogP contribution in [0.1, 0.15) is 11.1 Å². The first kappa shape index (κ1) is 11.5. The molecule has 2 aromatic carbocycles. The molecule has 0 aliphatic carbocycles. The van der Waals surface area contributed by atoms with Crippen molar-refractivity contribution in [1.29, 1.82) is 0 Å². The van der Waals surface area contributed by atoms with Gasteiger partial charge in [0.1, 0.15) is 5.75 Å². The first-order valence-electron chi connectivity index (χ1n) is 5.63. The minimum absolute atomic E-state index is 0.833. The van der Waals surface area contributed by atoms with Crippen LogP contribution in [0.3, 0.4) is 0 Å². The second kappa shape index (κ2) is 4.50. The topological polar surface area (TPSA) is 35.2 Å². The molecule has 2 aromatic rings. The molecule has 88 valence electrons. The minimum atomic E-state index is 0.833. The van der Waals surface area contributed by atoms with Gasteiger partial charge in [-0.25, -0.2) is 0 Å². The monoisotopic (exact) mass is 227 g/mol. The molecule has 0 aromatic heterocycles. The Labute approximate surface area is 102 Å². The molecule has 2 heteroatoms. The number of hydrogen-bond acceptors (Lipinski definition) is 2. The van der Waals surface area contributed by atoms with E-state index in [-0.39, 0.29) is 0 Å². The van der Waals surface area contributed by atoms with Crippen molar-refractivity contribution < 1.29 is 4.74 Å². The molecule has 0 aliphatic rings. The van der Waals surface area contributed by atoms with E-state index < -0.39 is 0 Å². The van der Waals surface area contributed by atoms with E-state index in [0.717, 1.165) is 17.0 Å². The number of anilines is 1. The van der Waals surface area contributed by atoms with Gasteiger partial charge in [-0.15, -0.1) is 0 Å². The number of hydrogen-bond donors (Lipinski definition) is 1. The molecule has 0 heterocycles. The maximum atomic E-state index is 5.83. The Morgan fingerprint density at radius 1 is 0.941 bits per heavy atom. The molecule has 0 amide bonds. The number of nitrogens with two attached hydrogens (primary N) is 1. The first-order chi connectivity index (χ1) is 8.11. The van der Waals surface area contributed by atoms with Crippen LogP contribution in [0.5, 0.6) is 5.75 Å². The van der Waals surface area contributed by atoms with E-state index in [2.05, 4.69) is 25.1 Å². The summed E-state index contributed by atoms with van der Waals surface area (Å²) in [5.74, 6) is 0.887. The maximum absolute atomic E-state index is 5.83. The van der Waals surface area contributed by atoms with Crippen LogP contribution in [0.2, 0.25) is 0 Å². The van der Waals surface area contributed by atoms with Gasteiger partial charge in [-0.1, -0.05) is 12.1 Å². The molecular formula is C15H17NO. The molecule has 0 bridgehead atoms. The summed E-state index contributed by atoms with van der Waals surface area (Å²) < 4.78 is 5.21. The molecule has 0 spiro atoms. The minimum Gasteiger partial charge on any atom is -0.497 e. The third-order valence-corrected chi connectivity index (χ3v) is 3.01. The van der Waals surface area contributed by atoms with Gasteiger partial charge in [0, 0.05) is 5.69 Å². The molecule has 2 nitrogen and oxygen atoms in total. The van der Waals surface area contributed by atoms with Crippen molar-refractivity contribution in [2.75, 3.05) is 12.8 Å². The Bertz CT molecular complexity index is 547. The molecule has 17 heavy (non-hydrogen) atoms. The van der Waals surface area contributed by atoms with Gasteiger partial charge in [-0.05, 0) is 60.4 Å².